The second kappa shape index (κ2) is 8.43. The first-order chi connectivity index (χ1) is 8.22. The zero-order valence-corrected chi connectivity index (χ0v) is 12.3. The van der Waals surface area contributed by atoms with Crippen molar-refractivity contribution in [3.05, 3.63) is 40.1 Å². The summed E-state index contributed by atoms with van der Waals surface area (Å²) in [5.41, 5.74) is 2.52. The molecule has 0 unspecified atom stereocenters. The van der Waals surface area contributed by atoms with E-state index in [0.29, 0.717) is 0 Å². The summed E-state index contributed by atoms with van der Waals surface area (Å²) in [6.07, 6.45) is 7.40. The van der Waals surface area contributed by atoms with Gasteiger partial charge in [-0.3, -0.25) is 4.98 Å². The molecule has 1 rings (SSSR count). The molecule has 0 aliphatic carbocycles. The Kier molecular flexibility index (Phi) is 7.13. The third kappa shape index (κ3) is 6.59. The molecule has 0 saturated heterocycles. The minimum atomic E-state index is 0.945. The molecule has 2 nitrogen and oxygen atoms in total. The summed E-state index contributed by atoms with van der Waals surface area (Å²) in [7, 11) is 0. The van der Waals surface area contributed by atoms with Gasteiger partial charge in [-0.05, 0) is 60.9 Å². The summed E-state index contributed by atoms with van der Waals surface area (Å²) in [5.74, 6) is 0. The first-order valence-corrected chi connectivity index (χ1v) is 6.98. The lowest BCUT2D eigenvalue weighted by molar-refractivity contribution is 0.676. The van der Waals surface area contributed by atoms with Crippen LogP contribution in [0, 0.1) is 0 Å². The predicted molar refractivity (Wildman–Crippen MR) is 77.2 cm³/mol. The molecule has 1 aromatic heterocycles. The van der Waals surface area contributed by atoms with Gasteiger partial charge in [0.05, 0.1) is 0 Å². The van der Waals surface area contributed by atoms with Gasteiger partial charge in [-0.15, -0.1) is 0 Å². The summed E-state index contributed by atoms with van der Waals surface area (Å²) in [4.78, 5) is 4.37. The first kappa shape index (κ1) is 14.4. The summed E-state index contributed by atoms with van der Waals surface area (Å²) in [6.45, 7) is 6.54. The molecule has 0 spiro atoms. The van der Waals surface area contributed by atoms with Gasteiger partial charge in [0, 0.05) is 22.8 Å². The maximum absolute atomic E-state index is 4.37. The van der Waals surface area contributed by atoms with E-state index in [2.05, 4.69) is 52.2 Å². The van der Waals surface area contributed by atoms with Gasteiger partial charge in [0.15, 0.2) is 0 Å². The standard InChI is InChI=1S/C14H21BrN2/c1-3-8-16-9-4-5-12(2)10-14-7-6-13(15)11-17-14/h5-7,11,16H,3-4,8-10H2,1-2H3/b12-5-. The summed E-state index contributed by atoms with van der Waals surface area (Å²) < 4.78 is 1.03. The Morgan fingerprint density at radius 2 is 2.24 bits per heavy atom. The largest absolute Gasteiger partial charge is 0.316 e. The van der Waals surface area contributed by atoms with Crippen molar-refractivity contribution in [3.63, 3.8) is 0 Å². The van der Waals surface area contributed by atoms with E-state index in [1.165, 1.54) is 12.0 Å². The third-order valence-corrected chi connectivity index (χ3v) is 2.96. The van der Waals surface area contributed by atoms with E-state index in [1.807, 2.05) is 12.3 Å². The first-order valence-electron chi connectivity index (χ1n) is 6.19. The molecule has 0 bridgehead atoms. The Morgan fingerprint density at radius 3 is 2.88 bits per heavy atom. The number of hydrogen-bond donors (Lipinski definition) is 1. The molecule has 1 heterocycles. The number of pyridine rings is 1. The zero-order valence-electron chi connectivity index (χ0n) is 10.7. The molecule has 3 heteroatoms. The molecule has 0 amide bonds. The maximum atomic E-state index is 4.37. The fourth-order valence-corrected chi connectivity index (χ4v) is 1.83. The lowest BCUT2D eigenvalue weighted by Crippen LogP contribution is -2.15. The molecule has 0 aliphatic heterocycles. The number of aromatic nitrogens is 1. The van der Waals surface area contributed by atoms with E-state index in [-0.39, 0.29) is 0 Å². The van der Waals surface area contributed by atoms with Crippen LogP contribution in [-0.4, -0.2) is 18.1 Å². The van der Waals surface area contributed by atoms with Gasteiger partial charge in [0.1, 0.15) is 0 Å². The van der Waals surface area contributed by atoms with Crippen LogP contribution in [0.3, 0.4) is 0 Å². The fourth-order valence-electron chi connectivity index (χ4n) is 1.59. The number of rotatable bonds is 7. The van der Waals surface area contributed by atoms with E-state index in [0.717, 1.165) is 36.1 Å². The number of halogens is 1. The Morgan fingerprint density at radius 1 is 1.41 bits per heavy atom. The number of nitrogens with zero attached hydrogens (tertiary/aromatic N) is 1. The average molecular weight is 297 g/mol. The van der Waals surface area contributed by atoms with Crippen LogP contribution in [0.5, 0.6) is 0 Å². The molecule has 1 aromatic rings. The fraction of sp³-hybridized carbons (Fsp3) is 0.500. The lowest BCUT2D eigenvalue weighted by Gasteiger charge is -2.03. The van der Waals surface area contributed by atoms with Crippen LogP contribution >= 0.6 is 15.9 Å². The second-order valence-corrected chi connectivity index (χ2v) is 5.15. The van der Waals surface area contributed by atoms with Crippen molar-refractivity contribution >= 4 is 15.9 Å². The van der Waals surface area contributed by atoms with Gasteiger partial charge in [0.25, 0.3) is 0 Å². The van der Waals surface area contributed by atoms with Crippen molar-refractivity contribution in [2.75, 3.05) is 13.1 Å². The van der Waals surface area contributed by atoms with Crippen LogP contribution in [0.4, 0.5) is 0 Å². The van der Waals surface area contributed by atoms with Gasteiger partial charge in [-0.1, -0.05) is 18.6 Å². The maximum Gasteiger partial charge on any atom is 0.0444 e. The van der Waals surface area contributed by atoms with Crippen molar-refractivity contribution in [1.82, 2.24) is 10.3 Å². The van der Waals surface area contributed by atoms with E-state index >= 15 is 0 Å². The van der Waals surface area contributed by atoms with E-state index in [9.17, 15) is 0 Å². The molecule has 17 heavy (non-hydrogen) atoms. The highest BCUT2D eigenvalue weighted by Crippen LogP contribution is 2.10. The average Bonchev–Trinajstić information content (AvgIpc) is 2.32. The smallest absolute Gasteiger partial charge is 0.0444 e. The van der Waals surface area contributed by atoms with Gasteiger partial charge in [0.2, 0.25) is 0 Å². The molecule has 94 valence electrons. The van der Waals surface area contributed by atoms with Crippen LogP contribution < -0.4 is 5.32 Å². The Labute approximate surface area is 113 Å². The van der Waals surface area contributed by atoms with Crippen molar-refractivity contribution < 1.29 is 0 Å². The Balaban J connectivity index is 2.30. The van der Waals surface area contributed by atoms with Gasteiger partial charge in [-0.25, -0.2) is 0 Å². The van der Waals surface area contributed by atoms with E-state index < -0.39 is 0 Å². The van der Waals surface area contributed by atoms with E-state index in [1.54, 1.807) is 0 Å². The minimum Gasteiger partial charge on any atom is -0.316 e. The highest BCUT2D eigenvalue weighted by molar-refractivity contribution is 9.10. The SMILES string of the molecule is CCCNCC/C=C(/C)Cc1ccc(Br)cn1. The molecular weight excluding hydrogens is 276 g/mol. The van der Waals surface area contributed by atoms with Crippen LogP contribution in [0.15, 0.2) is 34.5 Å². The highest BCUT2D eigenvalue weighted by Gasteiger charge is 1.96. The van der Waals surface area contributed by atoms with Crippen molar-refractivity contribution in [2.24, 2.45) is 0 Å². The Hall–Kier alpha value is -0.670. The molecular formula is C14H21BrN2. The quantitative estimate of drug-likeness (QED) is 0.613. The summed E-state index contributed by atoms with van der Waals surface area (Å²) in [5, 5.41) is 3.40. The Bertz CT molecular complexity index is 344. The molecule has 0 atom stereocenters. The van der Waals surface area contributed by atoms with Gasteiger partial charge < -0.3 is 5.32 Å². The predicted octanol–water partition coefficient (Wildman–Crippen LogP) is 3.72. The number of hydrogen-bond acceptors (Lipinski definition) is 2. The van der Waals surface area contributed by atoms with Crippen LogP contribution in [0.2, 0.25) is 0 Å². The summed E-state index contributed by atoms with van der Waals surface area (Å²) in [6, 6.07) is 4.11. The number of allylic oxidation sites excluding steroid dienone is 1. The van der Waals surface area contributed by atoms with Crippen molar-refractivity contribution in [3.8, 4) is 0 Å². The van der Waals surface area contributed by atoms with Gasteiger partial charge in [-0.2, -0.15) is 0 Å². The number of nitrogens with one attached hydrogen (secondary N) is 1. The van der Waals surface area contributed by atoms with Crippen molar-refractivity contribution in [2.45, 2.75) is 33.1 Å². The minimum absolute atomic E-state index is 0.945. The highest BCUT2D eigenvalue weighted by atomic mass is 79.9. The van der Waals surface area contributed by atoms with Gasteiger partial charge >= 0.3 is 0 Å². The second-order valence-electron chi connectivity index (χ2n) is 4.23. The molecule has 0 aromatic carbocycles. The van der Waals surface area contributed by atoms with E-state index in [4.69, 9.17) is 0 Å². The summed E-state index contributed by atoms with van der Waals surface area (Å²) >= 11 is 3.39. The molecule has 0 saturated carbocycles. The monoisotopic (exact) mass is 296 g/mol. The third-order valence-electron chi connectivity index (χ3n) is 2.49. The van der Waals surface area contributed by atoms with Crippen LogP contribution in [0.1, 0.15) is 32.4 Å². The molecule has 0 fully saturated rings. The van der Waals surface area contributed by atoms with Crippen molar-refractivity contribution in [1.29, 1.82) is 0 Å². The molecule has 1 N–H and O–H groups in total. The zero-order chi connectivity index (χ0) is 12.5. The lowest BCUT2D eigenvalue weighted by atomic mass is 10.1. The normalized spacial score (nSPS) is 11.8. The molecule has 0 aliphatic rings. The van der Waals surface area contributed by atoms with Crippen LogP contribution in [0.25, 0.3) is 0 Å². The topological polar surface area (TPSA) is 24.9 Å². The molecule has 0 radical (unpaired) electrons. The van der Waals surface area contributed by atoms with Crippen LogP contribution in [-0.2, 0) is 6.42 Å².